The maximum atomic E-state index is 13.5. The molecule has 0 atom stereocenters. The number of hydrogen-bond acceptors (Lipinski definition) is 6. The molecule has 0 radical (unpaired) electrons. The summed E-state index contributed by atoms with van der Waals surface area (Å²) in [6.45, 7) is 9.06. The van der Waals surface area contributed by atoms with Crippen molar-refractivity contribution in [2.24, 2.45) is 7.05 Å². The highest BCUT2D eigenvalue weighted by atomic mass is 32.2. The maximum Gasteiger partial charge on any atom is 0.291 e. The Morgan fingerprint density at radius 1 is 1.16 bits per heavy atom. The van der Waals surface area contributed by atoms with E-state index in [1.54, 1.807) is 6.20 Å². The first kappa shape index (κ1) is 25.8. The molecule has 0 aromatic carbocycles. The predicted octanol–water partition coefficient (Wildman–Crippen LogP) is 2.76. The van der Waals surface area contributed by atoms with Gasteiger partial charge in [0.05, 0.1) is 31.2 Å². The first-order valence-electron chi connectivity index (χ1n) is 12.5. The summed E-state index contributed by atoms with van der Waals surface area (Å²) in [5, 5.41) is 6.26. The van der Waals surface area contributed by atoms with Crippen LogP contribution in [0.15, 0.2) is 35.4 Å². The first-order chi connectivity index (χ1) is 17.4. The van der Waals surface area contributed by atoms with Gasteiger partial charge < -0.3 is 13.9 Å². The van der Waals surface area contributed by atoms with E-state index in [-0.39, 0.29) is 18.6 Å². The molecular formula is C25H34N6O4SSi. The van der Waals surface area contributed by atoms with E-state index in [2.05, 4.69) is 24.7 Å². The molecule has 37 heavy (non-hydrogen) atoms. The number of nitrogens with zero attached hydrogens (tertiary/aromatic N) is 6. The fraction of sp³-hybridized carbons (Fsp3) is 0.480. The number of hydrogen-bond donors (Lipinski definition) is 0. The third-order valence-electron chi connectivity index (χ3n) is 7.05. The summed E-state index contributed by atoms with van der Waals surface area (Å²) in [6.07, 6.45) is 5.47. The molecule has 0 amide bonds. The molecule has 5 heterocycles. The van der Waals surface area contributed by atoms with Gasteiger partial charge in [-0.3, -0.25) is 4.79 Å². The molecule has 0 aliphatic carbocycles. The zero-order valence-corrected chi connectivity index (χ0v) is 23.9. The van der Waals surface area contributed by atoms with Gasteiger partial charge in [0.25, 0.3) is 5.56 Å². The van der Waals surface area contributed by atoms with Gasteiger partial charge in [0, 0.05) is 50.9 Å². The Labute approximate surface area is 217 Å². The van der Waals surface area contributed by atoms with Crippen LogP contribution in [-0.2, 0) is 48.0 Å². The van der Waals surface area contributed by atoms with Crippen LogP contribution in [0.2, 0.25) is 25.7 Å². The molecule has 1 aliphatic rings. The smallest absolute Gasteiger partial charge is 0.291 e. The maximum absolute atomic E-state index is 13.5. The molecule has 0 N–H and O–H groups in total. The molecule has 0 saturated heterocycles. The summed E-state index contributed by atoms with van der Waals surface area (Å²) in [4.78, 5) is 18.3. The first-order valence-corrected chi connectivity index (χ1v) is 18.0. The lowest BCUT2D eigenvalue weighted by atomic mass is 10.1. The highest BCUT2D eigenvalue weighted by molar-refractivity contribution is 7.88. The molecule has 0 bridgehead atoms. The summed E-state index contributed by atoms with van der Waals surface area (Å²) < 4.78 is 36.8. The van der Waals surface area contributed by atoms with Gasteiger partial charge in [-0.05, 0) is 36.2 Å². The van der Waals surface area contributed by atoms with Gasteiger partial charge in [0.15, 0.2) is 0 Å². The van der Waals surface area contributed by atoms with E-state index in [0.29, 0.717) is 25.2 Å². The van der Waals surface area contributed by atoms with E-state index < -0.39 is 18.1 Å². The molecule has 198 valence electrons. The van der Waals surface area contributed by atoms with Crippen LogP contribution in [0, 0.1) is 0 Å². The Balaban J connectivity index is 1.41. The lowest BCUT2D eigenvalue weighted by molar-refractivity contribution is 0.0898. The van der Waals surface area contributed by atoms with Crippen molar-refractivity contribution < 1.29 is 13.2 Å². The average Bonchev–Trinajstić information content (AvgIpc) is 3.36. The van der Waals surface area contributed by atoms with E-state index in [1.807, 2.05) is 40.6 Å². The Bertz CT molecular complexity index is 1650. The van der Waals surface area contributed by atoms with Gasteiger partial charge in [0.1, 0.15) is 17.9 Å². The lowest BCUT2D eigenvalue weighted by Gasteiger charge is -2.25. The van der Waals surface area contributed by atoms with Crippen LogP contribution in [0.1, 0.15) is 17.0 Å². The molecule has 0 unspecified atom stereocenters. The van der Waals surface area contributed by atoms with Crippen LogP contribution < -0.4 is 5.56 Å². The highest BCUT2D eigenvalue weighted by Crippen LogP contribution is 2.29. The Morgan fingerprint density at radius 3 is 2.68 bits per heavy atom. The molecule has 5 rings (SSSR count). The Morgan fingerprint density at radius 2 is 1.95 bits per heavy atom. The van der Waals surface area contributed by atoms with Gasteiger partial charge in [-0.15, -0.1) is 0 Å². The van der Waals surface area contributed by atoms with Crippen molar-refractivity contribution in [2.45, 2.75) is 51.9 Å². The second-order valence-corrected chi connectivity index (χ2v) is 18.7. The minimum Gasteiger partial charge on any atom is -0.361 e. The third-order valence-corrected chi connectivity index (χ3v) is 10.00. The molecular weight excluding hydrogens is 508 g/mol. The number of rotatable bonds is 8. The quantitative estimate of drug-likeness (QED) is 0.251. The molecule has 1 aliphatic heterocycles. The minimum atomic E-state index is -3.31. The standard InChI is InChI=1S/C25H34N6O4SSi/c1-28-22-16-30(36(2,33)34)11-9-20(22)21-14-26-31(25(32)23(21)28)15-19-7-6-18-8-10-29(24(18)27-19)17-35-12-13-37(3,4)5/h6-8,10,14H,9,11-13,15-17H2,1-5H3. The number of fused-ring (bicyclic) bond motifs is 4. The molecule has 4 aromatic rings. The monoisotopic (exact) mass is 542 g/mol. The number of ether oxygens (including phenoxy) is 1. The fourth-order valence-corrected chi connectivity index (χ4v) is 6.40. The van der Waals surface area contributed by atoms with Gasteiger partial charge in [-0.25, -0.2) is 18.1 Å². The largest absolute Gasteiger partial charge is 0.361 e. The summed E-state index contributed by atoms with van der Waals surface area (Å²) in [5.41, 5.74) is 3.71. The topological polar surface area (TPSA) is 104 Å². The van der Waals surface area contributed by atoms with Crippen molar-refractivity contribution in [1.29, 1.82) is 0 Å². The highest BCUT2D eigenvalue weighted by Gasteiger charge is 2.29. The van der Waals surface area contributed by atoms with Crippen LogP contribution in [-0.4, -0.2) is 64.1 Å². The summed E-state index contributed by atoms with van der Waals surface area (Å²) in [7, 11) is -2.64. The second kappa shape index (κ2) is 9.50. The number of aromatic nitrogens is 5. The minimum absolute atomic E-state index is 0.215. The van der Waals surface area contributed by atoms with E-state index in [0.717, 1.165) is 46.0 Å². The predicted molar refractivity (Wildman–Crippen MR) is 147 cm³/mol. The lowest BCUT2D eigenvalue weighted by Crippen LogP contribution is -2.35. The van der Waals surface area contributed by atoms with Crippen molar-refractivity contribution in [3.05, 3.63) is 57.9 Å². The van der Waals surface area contributed by atoms with Gasteiger partial charge >= 0.3 is 0 Å². The normalized spacial score (nSPS) is 15.1. The van der Waals surface area contributed by atoms with Crippen LogP contribution in [0.4, 0.5) is 0 Å². The van der Waals surface area contributed by atoms with E-state index in [1.165, 1.54) is 15.2 Å². The number of aryl methyl sites for hydroxylation is 1. The van der Waals surface area contributed by atoms with Crippen molar-refractivity contribution >= 4 is 40.0 Å². The van der Waals surface area contributed by atoms with E-state index in [9.17, 15) is 13.2 Å². The summed E-state index contributed by atoms with van der Waals surface area (Å²) >= 11 is 0. The Kier molecular flexibility index (Phi) is 6.63. The fourth-order valence-electron chi connectivity index (χ4n) is 4.86. The molecule has 12 heteroatoms. The van der Waals surface area contributed by atoms with Gasteiger partial charge in [-0.1, -0.05) is 19.6 Å². The number of sulfonamides is 1. The molecule has 4 aromatic heterocycles. The zero-order valence-electron chi connectivity index (χ0n) is 22.1. The van der Waals surface area contributed by atoms with E-state index in [4.69, 9.17) is 9.72 Å². The van der Waals surface area contributed by atoms with E-state index >= 15 is 0 Å². The number of pyridine rings is 1. The van der Waals surface area contributed by atoms with Crippen molar-refractivity contribution in [3.63, 3.8) is 0 Å². The van der Waals surface area contributed by atoms with Crippen LogP contribution in [0.3, 0.4) is 0 Å². The van der Waals surface area contributed by atoms with Gasteiger partial charge in [-0.2, -0.15) is 9.40 Å². The summed E-state index contributed by atoms with van der Waals surface area (Å²) in [5.74, 6) is 0. The van der Waals surface area contributed by atoms with Crippen LogP contribution in [0.25, 0.3) is 21.9 Å². The van der Waals surface area contributed by atoms with Crippen molar-refractivity contribution in [1.82, 2.24) is 28.2 Å². The Hall–Kier alpha value is -2.80. The molecule has 10 nitrogen and oxygen atoms in total. The third kappa shape index (κ3) is 5.15. The van der Waals surface area contributed by atoms with Crippen LogP contribution in [0.5, 0.6) is 0 Å². The molecule has 0 spiro atoms. The van der Waals surface area contributed by atoms with Crippen molar-refractivity contribution in [3.8, 4) is 0 Å². The molecule has 0 saturated carbocycles. The van der Waals surface area contributed by atoms with Gasteiger partial charge in [0.2, 0.25) is 10.0 Å². The van der Waals surface area contributed by atoms with Crippen LogP contribution >= 0.6 is 0 Å². The van der Waals surface area contributed by atoms with Crippen molar-refractivity contribution in [2.75, 3.05) is 19.4 Å². The zero-order chi connectivity index (χ0) is 26.5. The molecule has 0 fully saturated rings. The second-order valence-electron chi connectivity index (χ2n) is 11.0. The summed E-state index contributed by atoms with van der Waals surface area (Å²) in [6, 6.07) is 7.04. The SMILES string of the molecule is Cn1c2c(c3cnn(Cc4ccc5ccn(COCC[Si](C)(C)C)c5n4)c(=O)c31)CCN(S(C)(=O)=O)C2. The average molecular weight is 543 g/mol.